The van der Waals surface area contributed by atoms with Crippen molar-refractivity contribution in [3.63, 3.8) is 0 Å². The number of carbonyl (C=O) groups is 1. The molecule has 0 spiro atoms. The van der Waals surface area contributed by atoms with E-state index in [1.165, 1.54) is 38.5 Å². The summed E-state index contributed by atoms with van der Waals surface area (Å²) in [5.41, 5.74) is 0. The van der Waals surface area contributed by atoms with Gasteiger partial charge in [0, 0.05) is 0 Å². The summed E-state index contributed by atoms with van der Waals surface area (Å²) in [7, 11) is 0. The molecule has 0 saturated carbocycles. The first kappa shape index (κ1) is 16.0. The molecule has 0 saturated heterocycles. The second-order valence-electron chi connectivity index (χ2n) is 4.43. The molecule has 0 aromatic carbocycles. The van der Waals surface area contributed by atoms with E-state index in [0.29, 0.717) is 6.54 Å². The van der Waals surface area contributed by atoms with Gasteiger partial charge in [0.05, 0.1) is 13.1 Å². The Labute approximate surface area is 105 Å². The fraction of sp³-hybridized carbons (Fsp3) is 0.786. The number of rotatable bonds is 11. The maximum Gasteiger partial charge on any atom is 0.317 e. The number of aliphatic carboxylic acids is 1. The minimum atomic E-state index is -0.803. The molecule has 0 aliphatic rings. The number of carboxylic acid groups (broad SMARTS) is 1. The van der Waals surface area contributed by atoms with Gasteiger partial charge in [-0.1, -0.05) is 51.4 Å². The minimum absolute atomic E-state index is 0.0556. The molecular formula is C14H25NO2. The molecule has 0 unspecified atom stereocenters. The molecule has 0 aliphatic heterocycles. The van der Waals surface area contributed by atoms with Gasteiger partial charge in [-0.15, -0.1) is 6.42 Å². The van der Waals surface area contributed by atoms with E-state index in [2.05, 4.69) is 12.8 Å². The summed E-state index contributed by atoms with van der Waals surface area (Å²) in [5.74, 6) is 1.70. The van der Waals surface area contributed by atoms with Crippen molar-refractivity contribution in [3.8, 4) is 12.3 Å². The van der Waals surface area contributed by atoms with Gasteiger partial charge in [-0.05, 0) is 13.0 Å². The highest BCUT2D eigenvalue weighted by Gasteiger charge is 2.07. The van der Waals surface area contributed by atoms with Crippen molar-refractivity contribution in [1.82, 2.24) is 4.90 Å². The number of nitrogens with zero attached hydrogens (tertiary/aromatic N) is 1. The van der Waals surface area contributed by atoms with E-state index in [0.717, 1.165) is 13.0 Å². The topological polar surface area (TPSA) is 40.5 Å². The Bertz CT molecular complexity index is 233. The molecule has 3 nitrogen and oxygen atoms in total. The number of unbranched alkanes of at least 4 members (excludes halogenated alkanes) is 6. The van der Waals surface area contributed by atoms with Crippen molar-refractivity contribution in [1.29, 1.82) is 0 Å². The van der Waals surface area contributed by atoms with Crippen molar-refractivity contribution < 1.29 is 9.90 Å². The highest BCUT2D eigenvalue weighted by molar-refractivity contribution is 5.69. The van der Waals surface area contributed by atoms with Crippen molar-refractivity contribution >= 4 is 5.97 Å². The van der Waals surface area contributed by atoms with E-state index in [9.17, 15) is 4.79 Å². The second-order valence-corrected chi connectivity index (χ2v) is 4.43. The Hall–Kier alpha value is -1.01. The van der Waals surface area contributed by atoms with E-state index < -0.39 is 5.97 Å². The van der Waals surface area contributed by atoms with Crippen LogP contribution >= 0.6 is 0 Å². The predicted octanol–water partition coefficient (Wildman–Crippen LogP) is 2.76. The fourth-order valence-electron chi connectivity index (χ4n) is 1.83. The van der Waals surface area contributed by atoms with E-state index in [-0.39, 0.29) is 6.54 Å². The third-order valence-electron chi connectivity index (χ3n) is 2.75. The molecule has 17 heavy (non-hydrogen) atoms. The average Bonchev–Trinajstić information content (AvgIpc) is 2.27. The summed E-state index contributed by atoms with van der Waals surface area (Å²) in [6.07, 6.45) is 13.9. The summed E-state index contributed by atoms with van der Waals surface area (Å²) in [6, 6.07) is 0. The molecule has 0 atom stereocenters. The SMILES string of the molecule is C#CCN(CCCCCCCCC)CC(=O)O. The Morgan fingerprint density at radius 3 is 2.29 bits per heavy atom. The normalized spacial score (nSPS) is 10.4. The highest BCUT2D eigenvalue weighted by Crippen LogP contribution is 2.07. The van der Waals surface area contributed by atoms with Crippen LogP contribution in [0, 0.1) is 12.3 Å². The fourth-order valence-corrected chi connectivity index (χ4v) is 1.83. The van der Waals surface area contributed by atoms with Crippen LogP contribution in [0.5, 0.6) is 0 Å². The largest absolute Gasteiger partial charge is 0.480 e. The van der Waals surface area contributed by atoms with Crippen LogP contribution in [0.3, 0.4) is 0 Å². The van der Waals surface area contributed by atoms with Crippen LogP contribution in [-0.2, 0) is 4.79 Å². The van der Waals surface area contributed by atoms with Crippen molar-refractivity contribution in [3.05, 3.63) is 0 Å². The summed E-state index contributed by atoms with van der Waals surface area (Å²) >= 11 is 0. The quantitative estimate of drug-likeness (QED) is 0.445. The summed E-state index contributed by atoms with van der Waals surface area (Å²) in [4.78, 5) is 12.4. The predicted molar refractivity (Wildman–Crippen MR) is 70.9 cm³/mol. The Kier molecular flexibility index (Phi) is 10.8. The van der Waals surface area contributed by atoms with Crippen molar-refractivity contribution in [2.75, 3.05) is 19.6 Å². The molecule has 0 bridgehead atoms. The van der Waals surface area contributed by atoms with Crippen LogP contribution in [0.15, 0.2) is 0 Å². The molecule has 98 valence electrons. The lowest BCUT2D eigenvalue weighted by atomic mass is 10.1. The van der Waals surface area contributed by atoms with Gasteiger partial charge < -0.3 is 5.11 Å². The maximum atomic E-state index is 10.6. The monoisotopic (exact) mass is 239 g/mol. The zero-order chi connectivity index (χ0) is 12.9. The molecule has 0 aliphatic carbocycles. The average molecular weight is 239 g/mol. The summed E-state index contributed by atoms with van der Waals surface area (Å²) in [6.45, 7) is 3.50. The van der Waals surface area contributed by atoms with Gasteiger partial charge in [-0.25, -0.2) is 0 Å². The van der Waals surface area contributed by atoms with Crippen molar-refractivity contribution in [2.45, 2.75) is 51.9 Å². The van der Waals surface area contributed by atoms with Gasteiger partial charge in [-0.3, -0.25) is 9.69 Å². The van der Waals surface area contributed by atoms with Gasteiger partial charge in [0.15, 0.2) is 0 Å². The van der Waals surface area contributed by atoms with E-state index >= 15 is 0 Å². The minimum Gasteiger partial charge on any atom is -0.480 e. The molecule has 0 rings (SSSR count). The lowest BCUT2D eigenvalue weighted by Crippen LogP contribution is -2.31. The number of hydrogen-bond acceptors (Lipinski definition) is 2. The van der Waals surface area contributed by atoms with Gasteiger partial charge in [0.1, 0.15) is 0 Å². The van der Waals surface area contributed by atoms with Crippen LogP contribution in [0.1, 0.15) is 51.9 Å². The summed E-state index contributed by atoms with van der Waals surface area (Å²) < 4.78 is 0. The molecule has 3 heteroatoms. The molecule has 1 N–H and O–H groups in total. The summed E-state index contributed by atoms with van der Waals surface area (Å²) in [5, 5.41) is 8.70. The van der Waals surface area contributed by atoms with E-state index in [1.54, 1.807) is 0 Å². The maximum absolute atomic E-state index is 10.6. The van der Waals surface area contributed by atoms with Gasteiger partial charge in [0.25, 0.3) is 0 Å². The van der Waals surface area contributed by atoms with Crippen LogP contribution < -0.4 is 0 Å². The molecule has 0 fully saturated rings. The smallest absolute Gasteiger partial charge is 0.317 e. The zero-order valence-corrected chi connectivity index (χ0v) is 11.0. The first-order valence-electron chi connectivity index (χ1n) is 6.58. The van der Waals surface area contributed by atoms with E-state index in [4.69, 9.17) is 11.5 Å². The lowest BCUT2D eigenvalue weighted by Gasteiger charge is -2.16. The molecular weight excluding hydrogens is 214 g/mol. The molecule has 0 aromatic heterocycles. The zero-order valence-electron chi connectivity index (χ0n) is 11.0. The standard InChI is InChI=1S/C14H25NO2/c1-3-5-6-7-8-9-10-12-15(11-4-2)13-14(16)17/h2H,3,5-13H2,1H3,(H,16,17). The Morgan fingerprint density at radius 2 is 1.76 bits per heavy atom. The third kappa shape index (κ3) is 11.3. The highest BCUT2D eigenvalue weighted by atomic mass is 16.4. The van der Waals surface area contributed by atoms with Crippen LogP contribution in [-0.4, -0.2) is 35.6 Å². The molecule has 0 heterocycles. The number of hydrogen-bond donors (Lipinski definition) is 1. The van der Waals surface area contributed by atoms with Crippen LogP contribution in [0.4, 0.5) is 0 Å². The lowest BCUT2D eigenvalue weighted by molar-refractivity contribution is -0.138. The van der Waals surface area contributed by atoms with Crippen molar-refractivity contribution in [2.24, 2.45) is 0 Å². The Balaban J connectivity index is 3.48. The van der Waals surface area contributed by atoms with Gasteiger partial charge >= 0.3 is 5.97 Å². The van der Waals surface area contributed by atoms with Crippen LogP contribution in [0.2, 0.25) is 0 Å². The molecule has 0 aromatic rings. The van der Waals surface area contributed by atoms with Gasteiger partial charge in [0.2, 0.25) is 0 Å². The van der Waals surface area contributed by atoms with Crippen LogP contribution in [0.25, 0.3) is 0 Å². The Morgan fingerprint density at radius 1 is 1.18 bits per heavy atom. The molecule has 0 amide bonds. The third-order valence-corrected chi connectivity index (χ3v) is 2.75. The van der Waals surface area contributed by atoms with E-state index in [1.807, 2.05) is 4.90 Å². The second kappa shape index (κ2) is 11.5. The number of terminal acetylenes is 1. The molecule has 0 radical (unpaired) electrons. The number of carboxylic acids is 1. The first-order valence-corrected chi connectivity index (χ1v) is 6.58. The van der Waals surface area contributed by atoms with Gasteiger partial charge in [-0.2, -0.15) is 0 Å². The first-order chi connectivity index (χ1) is 8.20.